The fourth-order valence-electron chi connectivity index (χ4n) is 1.66. The van der Waals surface area contributed by atoms with E-state index in [1.54, 1.807) is 35.0 Å². The molecule has 18 heavy (non-hydrogen) atoms. The van der Waals surface area contributed by atoms with Crippen molar-refractivity contribution in [1.29, 1.82) is 5.26 Å². The van der Waals surface area contributed by atoms with Crippen LogP contribution in [-0.2, 0) is 4.79 Å². The summed E-state index contributed by atoms with van der Waals surface area (Å²) in [6, 6.07) is 7.18. The number of rotatable bonds is 5. The van der Waals surface area contributed by atoms with Crippen LogP contribution in [0.4, 0.5) is 5.82 Å². The molecule has 1 aromatic heterocycles. The molecular formula is C13H18N4O. The van der Waals surface area contributed by atoms with Crippen LogP contribution >= 0.6 is 0 Å². The fraction of sp³-hybridized carbons (Fsp3) is 0.462. The summed E-state index contributed by atoms with van der Waals surface area (Å²) in [5.74, 6) is 0.696. The minimum absolute atomic E-state index is 0.0617. The van der Waals surface area contributed by atoms with Gasteiger partial charge in [-0.15, -0.1) is 0 Å². The van der Waals surface area contributed by atoms with Gasteiger partial charge < -0.3 is 9.80 Å². The number of carbonyl (C=O) groups is 1. The molecule has 0 saturated heterocycles. The molecule has 0 spiro atoms. The van der Waals surface area contributed by atoms with Crippen molar-refractivity contribution in [3.63, 3.8) is 0 Å². The lowest BCUT2D eigenvalue weighted by Crippen LogP contribution is -2.39. The number of hydrogen-bond donors (Lipinski definition) is 0. The maximum atomic E-state index is 11.9. The van der Waals surface area contributed by atoms with Crippen molar-refractivity contribution in [3.05, 3.63) is 23.9 Å². The van der Waals surface area contributed by atoms with Gasteiger partial charge in [0, 0.05) is 20.1 Å². The Morgan fingerprint density at radius 2 is 2.06 bits per heavy atom. The average Bonchev–Trinajstić information content (AvgIpc) is 2.40. The van der Waals surface area contributed by atoms with Crippen molar-refractivity contribution in [1.82, 2.24) is 9.88 Å². The molecule has 0 N–H and O–H groups in total. The third-order valence-corrected chi connectivity index (χ3v) is 2.73. The third-order valence-electron chi connectivity index (χ3n) is 2.73. The molecule has 1 amide bonds. The first kappa shape index (κ1) is 14.0. The van der Waals surface area contributed by atoms with Gasteiger partial charge in [0.05, 0.1) is 6.54 Å². The molecule has 0 bridgehead atoms. The van der Waals surface area contributed by atoms with Gasteiger partial charge in [-0.3, -0.25) is 4.79 Å². The average molecular weight is 246 g/mol. The predicted octanol–water partition coefficient (Wildman–Crippen LogP) is 1.26. The van der Waals surface area contributed by atoms with Crippen LogP contribution in [0.3, 0.4) is 0 Å². The number of hydrogen-bond acceptors (Lipinski definition) is 4. The smallest absolute Gasteiger partial charge is 0.242 e. The molecule has 0 saturated carbocycles. The number of pyridine rings is 1. The van der Waals surface area contributed by atoms with E-state index < -0.39 is 0 Å². The van der Waals surface area contributed by atoms with Gasteiger partial charge in [-0.2, -0.15) is 5.26 Å². The van der Waals surface area contributed by atoms with Crippen LogP contribution in [0.1, 0.15) is 19.5 Å². The lowest BCUT2D eigenvalue weighted by atomic mass is 10.3. The number of likely N-dealkylation sites (N-methyl/N-ethyl adjacent to an activating group) is 2. The SMILES string of the molecule is CCN(CC)C(=O)CN(C)c1cccc(C#N)n1. The van der Waals surface area contributed by atoms with Crippen molar-refractivity contribution in [2.24, 2.45) is 0 Å². The summed E-state index contributed by atoms with van der Waals surface area (Å²) in [6.45, 7) is 5.58. The van der Waals surface area contributed by atoms with Gasteiger partial charge in [0.2, 0.25) is 5.91 Å². The van der Waals surface area contributed by atoms with Crippen LogP contribution in [0.15, 0.2) is 18.2 Å². The maximum Gasteiger partial charge on any atom is 0.242 e. The summed E-state index contributed by atoms with van der Waals surface area (Å²) in [6.07, 6.45) is 0. The van der Waals surface area contributed by atoms with E-state index in [0.717, 1.165) is 0 Å². The van der Waals surface area contributed by atoms with E-state index in [1.165, 1.54) is 0 Å². The Morgan fingerprint density at radius 3 is 2.61 bits per heavy atom. The highest BCUT2D eigenvalue weighted by Crippen LogP contribution is 2.09. The highest BCUT2D eigenvalue weighted by Gasteiger charge is 2.13. The lowest BCUT2D eigenvalue weighted by Gasteiger charge is -2.23. The van der Waals surface area contributed by atoms with E-state index >= 15 is 0 Å². The zero-order chi connectivity index (χ0) is 13.5. The molecule has 0 fully saturated rings. The van der Waals surface area contributed by atoms with Crippen LogP contribution in [0.25, 0.3) is 0 Å². The number of nitrogens with zero attached hydrogens (tertiary/aromatic N) is 4. The zero-order valence-corrected chi connectivity index (χ0v) is 11.1. The van der Waals surface area contributed by atoms with Gasteiger partial charge in [0.1, 0.15) is 17.6 Å². The molecular weight excluding hydrogens is 228 g/mol. The number of aromatic nitrogens is 1. The second kappa shape index (κ2) is 6.60. The third kappa shape index (κ3) is 3.45. The highest BCUT2D eigenvalue weighted by atomic mass is 16.2. The Morgan fingerprint density at radius 1 is 1.39 bits per heavy atom. The van der Waals surface area contributed by atoms with Crippen LogP contribution in [0.5, 0.6) is 0 Å². The van der Waals surface area contributed by atoms with Crippen LogP contribution in [0, 0.1) is 11.3 Å². The Hall–Kier alpha value is -2.09. The van der Waals surface area contributed by atoms with Crippen molar-refractivity contribution in [3.8, 4) is 6.07 Å². The Balaban J connectivity index is 2.73. The van der Waals surface area contributed by atoms with Gasteiger partial charge in [0.15, 0.2) is 0 Å². The summed E-state index contributed by atoms with van der Waals surface area (Å²) >= 11 is 0. The summed E-state index contributed by atoms with van der Waals surface area (Å²) in [4.78, 5) is 19.6. The molecule has 0 atom stereocenters. The number of nitriles is 1. The normalized spacial score (nSPS) is 9.67. The predicted molar refractivity (Wildman–Crippen MR) is 70.2 cm³/mol. The van der Waals surface area contributed by atoms with E-state index in [2.05, 4.69) is 4.98 Å². The molecule has 1 heterocycles. The van der Waals surface area contributed by atoms with Crippen LogP contribution in [0.2, 0.25) is 0 Å². The quantitative estimate of drug-likeness (QED) is 0.784. The maximum absolute atomic E-state index is 11.9. The molecule has 0 aliphatic rings. The zero-order valence-electron chi connectivity index (χ0n) is 11.1. The van der Waals surface area contributed by atoms with Crippen molar-refractivity contribution < 1.29 is 4.79 Å². The summed E-state index contributed by atoms with van der Waals surface area (Å²) in [5.41, 5.74) is 0.356. The molecule has 96 valence electrons. The second-order valence-electron chi connectivity index (χ2n) is 3.91. The number of anilines is 1. The molecule has 0 unspecified atom stereocenters. The largest absolute Gasteiger partial charge is 0.350 e. The first-order chi connectivity index (χ1) is 8.62. The van der Waals surface area contributed by atoms with Crippen molar-refractivity contribution >= 4 is 11.7 Å². The summed E-state index contributed by atoms with van der Waals surface area (Å²) in [5, 5.41) is 8.78. The highest BCUT2D eigenvalue weighted by molar-refractivity contribution is 5.81. The molecule has 0 radical (unpaired) electrons. The summed E-state index contributed by atoms with van der Waals surface area (Å²) < 4.78 is 0. The molecule has 0 aromatic carbocycles. The van der Waals surface area contributed by atoms with Gasteiger partial charge in [-0.05, 0) is 26.0 Å². The van der Waals surface area contributed by atoms with Crippen LogP contribution in [-0.4, -0.2) is 42.5 Å². The molecule has 5 heteroatoms. The molecule has 0 aliphatic heterocycles. The van der Waals surface area contributed by atoms with Crippen LogP contribution < -0.4 is 4.90 Å². The standard InChI is InChI=1S/C13H18N4O/c1-4-17(5-2)13(18)10-16(3)12-8-6-7-11(9-14)15-12/h6-8H,4-5,10H2,1-3H3. The number of carbonyl (C=O) groups excluding carboxylic acids is 1. The van der Waals surface area contributed by atoms with E-state index in [1.807, 2.05) is 19.9 Å². The minimum Gasteiger partial charge on any atom is -0.350 e. The minimum atomic E-state index is 0.0617. The second-order valence-corrected chi connectivity index (χ2v) is 3.91. The fourth-order valence-corrected chi connectivity index (χ4v) is 1.66. The molecule has 5 nitrogen and oxygen atoms in total. The van der Waals surface area contributed by atoms with E-state index in [-0.39, 0.29) is 12.5 Å². The van der Waals surface area contributed by atoms with Crippen molar-refractivity contribution in [2.75, 3.05) is 31.6 Å². The van der Waals surface area contributed by atoms with Gasteiger partial charge in [-0.1, -0.05) is 6.07 Å². The monoisotopic (exact) mass is 246 g/mol. The van der Waals surface area contributed by atoms with Gasteiger partial charge in [-0.25, -0.2) is 4.98 Å². The molecule has 1 aromatic rings. The van der Waals surface area contributed by atoms with E-state index in [0.29, 0.717) is 24.6 Å². The first-order valence-corrected chi connectivity index (χ1v) is 5.98. The van der Waals surface area contributed by atoms with E-state index in [4.69, 9.17) is 5.26 Å². The van der Waals surface area contributed by atoms with Gasteiger partial charge in [0.25, 0.3) is 0 Å². The van der Waals surface area contributed by atoms with E-state index in [9.17, 15) is 4.79 Å². The van der Waals surface area contributed by atoms with Crippen molar-refractivity contribution in [2.45, 2.75) is 13.8 Å². The molecule has 1 rings (SSSR count). The first-order valence-electron chi connectivity index (χ1n) is 5.98. The number of amides is 1. The topological polar surface area (TPSA) is 60.2 Å². The molecule has 0 aliphatic carbocycles. The lowest BCUT2D eigenvalue weighted by molar-refractivity contribution is -0.129. The summed E-state index contributed by atoms with van der Waals surface area (Å²) in [7, 11) is 1.80. The van der Waals surface area contributed by atoms with Gasteiger partial charge >= 0.3 is 0 Å². The Bertz CT molecular complexity index is 449. The Labute approximate surface area is 108 Å². The Kier molecular flexibility index (Phi) is 5.12.